The lowest BCUT2D eigenvalue weighted by molar-refractivity contribution is -0.116. The molecule has 0 unspecified atom stereocenters. The number of aryl methyl sites for hydroxylation is 1. The first kappa shape index (κ1) is 20.0. The summed E-state index contributed by atoms with van der Waals surface area (Å²) in [4.78, 5) is 17.7. The molecule has 26 heavy (non-hydrogen) atoms. The van der Waals surface area contributed by atoms with Crippen molar-refractivity contribution >= 4 is 28.9 Å². The third-order valence-corrected chi connectivity index (χ3v) is 4.86. The molecule has 0 aliphatic heterocycles. The highest BCUT2D eigenvalue weighted by Crippen LogP contribution is 2.15. The Kier molecular flexibility index (Phi) is 8.15. The van der Waals surface area contributed by atoms with Gasteiger partial charge in [0.05, 0.1) is 13.1 Å². The SMILES string of the molecule is CCCC(=O)Nc1cccc(CN=C(NCC)NCc2sccc2C)c1. The van der Waals surface area contributed by atoms with Crippen LogP contribution in [0, 0.1) is 6.92 Å². The minimum Gasteiger partial charge on any atom is -0.357 e. The van der Waals surface area contributed by atoms with E-state index in [9.17, 15) is 4.79 Å². The van der Waals surface area contributed by atoms with Gasteiger partial charge in [-0.05, 0) is 55.0 Å². The number of rotatable bonds is 8. The number of hydrogen-bond donors (Lipinski definition) is 3. The quantitative estimate of drug-likeness (QED) is 0.484. The van der Waals surface area contributed by atoms with Gasteiger partial charge >= 0.3 is 0 Å². The van der Waals surface area contributed by atoms with E-state index in [1.165, 1.54) is 10.4 Å². The number of nitrogens with zero attached hydrogens (tertiary/aromatic N) is 1. The van der Waals surface area contributed by atoms with Crippen LogP contribution in [0.25, 0.3) is 0 Å². The molecule has 0 radical (unpaired) electrons. The minimum atomic E-state index is 0.0504. The summed E-state index contributed by atoms with van der Waals surface area (Å²) in [6, 6.07) is 9.98. The molecule has 140 valence electrons. The van der Waals surface area contributed by atoms with Crippen molar-refractivity contribution in [1.82, 2.24) is 10.6 Å². The number of hydrogen-bond acceptors (Lipinski definition) is 3. The average molecular weight is 373 g/mol. The Balaban J connectivity index is 1.97. The van der Waals surface area contributed by atoms with E-state index >= 15 is 0 Å². The summed E-state index contributed by atoms with van der Waals surface area (Å²) in [6.07, 6.45) is 1.39. The van der Waals surface area contributed by atoms with Crippen LogP contribution < -0.4 is 16.0 Å². The summed E-state index contributed by atoms with van der Waals surface area (Å²) in [7, 11) is 0. The lowest BCUT2D eigenvalue weighted by atomic mass is 10.2. The van der Waals surface area contributed by atoms with Gasteiger partial charge in [0.25, 0.3) is 0 Å². The van der Waals surface area contributed by atoms with Crippen molar-refractivity contribution in [2.24, 2.45) is 4.99 Å². The Hall–Kier alpha value is -2.34. The predicted molar refractivity (Wildman–Crippen MR) is 111 cm³/mol. The van der Waals surface area contributed by atoms with E-state index in [0.717, 1.165) is 36.7 Å². The summed E-state index contributed by atoms with van der Waals surface area (Å²) in [6.45, 7) is 8.30. The predicted octanol–water partition coefficient (Wildman–Crippen LogP) is 4.05. The van der Waals surface area contributed by atoms with E-state index in [0.29, 0.717) is 13.0 Å². The fourth-order valence-corrected chi connectivity index (χ4v) is 3.31. The summed E-state index contributed by atoms with van der Waals surface area (Å²) >= 11 is 1.75. The molecule has 1 amide bonds. The van der Waals surface area contributed by atoms with Crippen molar-refractivity contribution < 1.29 is 4.79 Å². The van der Waals surface area contributed by atoms with Crippen LogP contribution in [0.15, 0.2) is 40.7 Å². The van der Waals surface area contributed by atoms with Crippen molar-refractivity contribution in [3.63, 3.8) is 0 Å². The molecular formula is C20H28N4OS. The number of guanidine groups is 1. The van der Waals surface area contributed by atoms with E-state index in [4.69, 9.17) is 0 Å². The van der Waals surface area contributed by atoms with Crippen molar-refractivity contribution in [3.05, 3.63) is 51.7 Å². The smallest absolute Gasteiger partial charge is 0.224 e. The zero-order valence-electron chi connectivity index (χ0n) is 15.8. The number of aliphatic imine (C=N–C) groups is 1. The Morgan fingerprint density at radius 1 is 1.19 bits per heavy atom. The van der Waals surface area contributed by atoms with Crippen LogP contribution in [0.2, 0.25) is 0 Å². The van der Waals surface area contributed by atoms with Crippen molar-refractivity contribution in [2.45, 2.75) is 46.7 Å². The monoisotopic (exact) mass is 372 g/mol. The maximum absolute atomic E-state index is 11.7. The largest absolute Gasteiger partial charge is 0.357 e. The summed E-state index contributed by atoms with van der Waals surface area (Å²) in [5.74, 6) is 0.843. The summed E-state index contributed by atoms with van der Waals surface area (Å²) in [5, 5.41) is 11.7. The van der Waals surface area contributed by atoms with Crippen molar-refractivity contribution in [1.29, 1.82) is 0 Å². The molecule has 0 atom stereocenters. The highest BCUT2D eigenvalue weighted by Gasteiger charge is 2.04. The average Bonchev–Trinajstić information content (AvgIpc) is 3.03. The number of thiophene rings is 1. The number of anilines is 1. The van der Waals surface area contributed by atoms with Crippen LogP contribution in [0.3, 0.4) is 0 Å². The van der Waals surface area contributed by atoms with Crippen molar-refractivity contribution in [3.8, 4) is 0 Å². The first-order valence-corrected chi connectivity index (χ1v) is 9.94. The summed E-state index contributed by atoms with van der Waals surface area (Å²) in [5.41, 5.74) is 3.18. The van der Waals surface area contributed by atoms with Crippen LogP contribution in [0.5, 0.6) is 0 Å². The van der Waals surface area contributed by atoms with E-state index in [2.05, 4.69) is 46.2 Å². The third-order valence-electron chi connectivity index (χ3n) is 3.84. The zero-order valence-corrected chi connectivity index (χ0v) is 16.6. The van der Waals surface area contributed by atoms with Gasteiger partial charge in [-0.1, -0.05) is 19.1 Å². The molecule has 1 heterocycles. The van der Waals surface area contributed by atoms with E-state index in [1.807, 2.05) is 31.2 Å². The standard InChI is InChI=1S/C20H28N4OS/c1-4-7-19(25)24-17-9-6-8-16(12-17)13-22-20(21-5-2)23-14-18-15(3)10-11-26-18/h6,8-12H,4-5,7,13-14H2,1-3H3,(H,24,25)(H2,21,22,23). The lowest BCUT2D eigenvalue weighted by Crippen LogP contribution is -2.36. The van der Waals surface area contributed by atoms with Gasteiger partial charge in [0.2, 0.25) is 5.91 Å². The van der Waals surface area contributed by atoms with Gasteiger partial charge in [-0.15, -0.1) is 11.3 Å². The lowest BCUT2D eigenvalue weighted by Gasteiger charge is -2.11. The molecule has 6 heteroatoms. The molecule has 0 aliphatic rings. The zero-order chi connectivity index (χ0) is 18.8. The number of amides is 1. The topological polar surface area (TPSA) is 65.5 Å². The molecule has 2 aromatic rings. The molecule has 0 fully saturated rings. The van der Waals surface area contributed by atoms with Gasteiger partial charge in [0.15, 0.2) is 5.96 Å². The second-order valence-electron chi connectivity index (χ2n) is 6.07. The summed E-state index contributed by atoms with van der Waals surface area (Å²) < 4.78 is 0. The Morgan fingerprint density at radius 2 is 2.04 bits per heavy atom. The number of carbonyl (C=O) groups is 1. The van der Waals surface area contributed by atoms with Crippen LogP contribution in [-0.4, -0.2) is 18.4 Å². The molecular weight excluding hydrogens is 344 g/mol. The highest BCUT2D eigenvalue weighted by atomic mass is 32.1. The Bertz CT molecular complexity index is 739. The van der Waals surface area contributed by atoms with Crippen LogP contribution in [0.1, 0.15) is 42.7 Å². The van der Waals surface area contributed by atoms with Crippen LogP contribution >= 0.6 is 11.3 Å². The van der Waals surface area contributed by atoms with E-state index in [1.54, 1.807) is 11.3 Å². The molecule has 0 spiro atoms. The van der Waals surface area contributed by atoms with Gasteiger partial charge in [-0.2, -0.15) is 0 Å². The number of benzene rings is 1. The molecule has 1 aromatic heterocycles. The van der Waals surface area contributed by atoms with Crippen molar-refractivity contribution in [2.75, 3.05) is 11.9 Å². The molecule has 5 nitrogen and oxygen atoms in total. The Labute approximate surface area is 159 Å². The fraction of sp³-hybridized carbons (Fsp3) is 0.400. The fourth-order valence-electron chi connectivity index (χ4n) is 2.46. The molecule has 2 rings (SSSR count). The van der Waals surface area contributed by atoms with Gasteiger partial charge < -0.3 is 16.0 Å². The molecule has 0 aliphatic carbocycles. The third kappa shape index (κ3) is 6.52. The van der Waals surface area contributed by atoms with Gasteiger partial charge in [0.1, 0.15) is 0 Å². The van der Waals surface area contributed by atoms with Gasteiger partial charge in [0, 0.05) is 23.5 Å². The highest BCUT2D eigenvalue weighted by molar-refractivity contribution is 7.10. The number of carbonyl (C=O) groups excluding carboxylic acids is 1. The van der Waals surface area contributed by atoms with Gasteiger partial charge in [-0.3, -0.25) is 4.79 Å². The first-order valence-electron chi connectivity index (χ1n) is 9.06. The maximum Gasteiger partial charge on any atom is 0.224 e. The first-order chi connectivity index (χ1) is 12.6. The van der Waals surface area contributed by atoms with Crippen LogP contribution in [0.4, 0.5) is 5.69 Å². The molecule has 0 bridgehead atoms. The Morgan fingerprint density at radius 3 is 2.73 bits per heavy atom. The molecule has 0 saturated carbocycles. The molecule has 3 N–H and O–H groups in total. The molecule has 1 aromatic carbocycles. The second kappa shape index (κ2) is 10.6. The number of nitrogens with one attached hydrogen (secondary N) is 3. The van der Waals surface area contributed by atoms with Crippen LogP contribution in [-0.2, 0) is 17.9 Å². The maximum atomic E-state index is 11.7. The minimum absolute atomic E-state index is 0.0504. The van der Waals surface area contributed by atoms with Gasteiger partial charge in [-0.25, -0.2) is 4.99 Å². The van der Waals surface area contributed by atoms with E-state index in [-0.39, 0.29) is 5.91 Å². The second-order valence-corrected chi connectivity index (χ2v) is 7.07. The normalized spacial score (nSPS) is 11.3. The molecule has 0 saturated heterocycles. The van der Waals surface area contributed by atoms with E-state index < -0.39 is 0 Å².